The molecule has 3 heteroatoms. The van der Waals surface area contributed by atoms with Gasteiger partial charge in [0.05, 0.1) is 12.8 Å². The fourth-order valence-corrected chi connectivity index (χ4v) is 0.696. The van der Waals surface area contributed by atoms with Crippen LogP contribution in [0.15, 0.2) is 0 Å². The Morgan fingerprint density at radius 3 is 2.57 bits per heavy atom. The van der Waals surface area contributed by atoms with Crippen LogP contribution >= 0.6 is 0 Å². The minimum atomic E-state index is 0.449. The van der Waals surface area contributed by atoms with E-state index in [2.05, 4.69) is 17.7 Å². The maximum absolute atomic E-state index is 3.18. The van der Waals surface area contributed by atoms with Gasteiger partial charge in [0.2, 0.25) is 0 Å². The molecule has 1 atom stereocenters. The normalized spacial score (nSPS) is 34.3. The molecular weight excluding hydrogens is 90.1 g/mol. The first-order chi connectivity index (χ1) is 3.29. The average Bonchev–Trinajstić information content (AvgIpc) is 1.87. The second-order valence-corrected chi connectivity index (χ2v) is 1.91. The van der Waals surface area contributed by atoms with Gasteiger partial charge in [-0.25, -0.2) is 10.4 Å². The lowest BCUT2D eigenvalue weighted by molar-refractivity contribution is 0.296. The minimum absolute atomic E-state index is 0.449. The molecule has 1 fully saturated rings. The van der Waals surface area contributed by atoms with Crippen molar-refractivity contribution in [3.8, 4) is 0 Å². The van der Waals surface area contributed by atoms with E-state index in [-0.39, 0.29) is 0 Å². The molecule has 1 saturated heterocycles. The van der Waals surface area contributed by atoms with Crippen molar-refractivity contribution in [1.29, 1.82) is 0 Å². The van der Waals surface area contributed by atoms with Gasteiger partial charge in [-0.1, -0.05) is 0 Å². The van der Waals surface area contributed by atoms with E-state index < -0.39 is 0 Å². The Morgan fingerprint density at radius 1 is 1.71 bits per heavy atom. The predicted molar refractivity (Wildman–Crippen MR) is 28.4 cm³/mol. The van der Waals surface area contributed by atoms with Crippen molar-refractivity contribution in [2.45, 2.75) is 13.1 Å². The summed E-state index contributed by atoms with van der Waals surface area (Å²) in [5.74, 6) is 0. The number of nitrogens with one attached hydrogen (secondary N) is 2. The van der Waals surface area contributed by atoms with Gasteiger partial charge in [-0.2, -0.15) is 0 Å². The van der Waals surface area contributed by atoms with Gasteiger partial charge in [0.25, 0.3) is 0 Å². The highest BCUT2D eigenvalue weighted by atomic mass is 15.6. The highest BCUT2D eigenvalue weighted by Gasteiger charge is 2.10. The zero-order valence-electron chi connectivity index (χ0n) is 4.73. The molecule has 0 aromatic rings. The molecule has 0 aromatic carbocycles. The van der Waals surface area contributed by atoms with Gasteiger partial charge in [-0.15, -0.1) is 0 Å². The summed E-state index contributed by atoms with van der Waals surface area (Å²) in [5.41, 5.74) is 3.14. The lowest BCUT2D eigenvalue weighted by atomic mass is 10.6. The van der Waals surface area contributed by atoms with E-state index in [4.69, 9.17) is 0 Å². The molecule has 1 aliphatic heterocycles. The van der Waals surface area contributed by atoms with Gasteiger partial charge in [0, 0.05) is 7.05 Å². The molecular formula is C4H11N3. The molecule has 3 nitrogen and oxygen atoms in total. The average molecular weight is 101 g/mol. The first kappa shape index (κ1) is 5.03. The van der Waals surface area contributed by atoms with Crippen LogP contribution in [0.2, 0.25) is 0 Å². The van der Waals surface area contributed by atoms with E-state index in [0.717, 1.165) is 6.67 Å². The third-order valence-corrected chi connectivity index (χ3v) is 1.05. The summed E-state index contributed by atoms with van der Waals surface area (Å²) in [6, 6.07) is 0. The van der Waals surface area contributed by atoms with E-state index in [1.807, 2.05) is 12.1 Å². The first-order valence-electron chi connectivity index (χ1n) is 2.50. The Hall–Kier alpha value is -0.120. The molecule has 0 saturated carbocycles. The number of rotatable bonds is 0. The topological polar surface area (TPSA) is 27.3 Å². The van der Waals surface area contributed by atoms with Crippen LogP contribution in [0.25, 0.3) is 0 Å². The van der Waals surface area contributed by atoms with E-state index in [9.17, 15) is 0 Å². The Kier molecular flexibility index (Phi) is 1.27. The van der Waals surface area contributed by atoms with Crippen LogP contribution in [-0.4, -0.2) is 24.9 Å². The lowest BCUT2D eigenvalue weighted by Gasteiger charge is -2.04. The number of hydrazine groups is 1. The van der Waals surface area contributed by atoms with E-state index >= 15 is 0 Å². The lowest BCUT2D eigenvalue weighted by Crippen LogP contribution is -2.31. The van der Waals surface area contributed by atoms with Crippen LogP contribution in [0.5, 0.6) is 0 Å². The van der Waals surface area contributed by atoms with Crippen LogP contribution in [0.4, 0.5) is 0 Å². The highest BCUT2D eigenvalue weighted by molar-refractivity contribution is 4.60. The quantitative estimate of drug-likeness (QED) is 0.424. The van der Waals surface area contributed by atoms with Crippen LogP contribution < -0.4 is 10.7 Å². The molecule has 42 valence electrons. The zero-order chi connectivity index (χ0) is 5.28. The molecule has 0 spiro atoms. The van der Waals surface area contributed by atoms with Crippen molar-refractivity contribution < 1.29 is 0 Å². The standard InChI is InChI=1S/C4H11N3/c1-4-5-3-7(2)6-4/h4-6H,3H2,1-2H3. The van der Waals surface area contributed by atoms with Gasteiger partial charge >= 0.3 is 0 Å². The van der Waals surface area contributed by atoms with Crippen LogP contribution in [0, 0.1) is 0 Å². The Balaban J connectivity index is 2.26. The van der Waals surface area contributed by atoms with Crippen molar-refractivity contribution in [1.82, 2.24) is 15.8 Å². The summed E-state index contributed by atoms with van der Waals surface area (Å²) in [7, 11) is 2.01. The van der Waals surface area contributed by atoms with E-state index in [1.54, 1.807) is 0 Å². The smallest absolute Gasteiger partial charge is 0.0688 e. The molecule has 2 N–H and O–H groups in total. The second kappa shape index (κ2) is 1.78. The van der Waals surface area contributed by atoms with Crippen molar-refractivity contribution in [2.75, 3.05) is 13.7 Å². The summed E-state index contributed by atoms with van der Waals surface area (Å²) < 4.78 is 0. The van der Waals surface area contributed by atoms with E-state index in [1.165, 1.54) is 0 Å². The summed E-state index contributed by atoms with van der Waals surface area (Å²) in [4.78, 5) is 0. The summed E-state index contributed by atoms with van der Waals surface area (Å²) in [6.07, 6.45) is 0.449. The molecule has 0 amide bonds. The maximum Gasteiger partial charge on any atom is 0.0688 e. The predicted octanol–water partition coefficient (Wildman–Crippen LogP) is -0.670. The fraction of sp³-hybridized carbons (Fsp3) is 1.00. The molecule has 0 radical (unpaired) electrons. The summed E-state index contributed by atoms with van der Waals surface area (Å²) >= 11 is 0. The van der Waals surface area contributed by atoms with Crippen molar-refractivity contribution >= 4 is 0 Å². The Bertz CT molecular complexity index is 56.0. The molecule has 7 heavy (non-hydrogen) atoms. The maximum atomic E-state index is 3.18. The Labute approximate surface area is 43.7 Å². The molecule has 0 aromatic heterocycles. The second-order valence-electron chi connectivity index (χ2n) is 1.91. The molecule has 0 aliphatic carbocycles. The molecule has 1 heterocycles. The van der Waals surface area contributed by atoms with Crippen LogP contribution in [-0.2, 0) is 0 Å². The molecule has 1 unspecified atom stereocenters. The minimum Gasteiger partial charge on any atom is -0.287 e. The van der Waals surface area contributed by atoms with Crippen molar-refractivity contribution in [3.05, 3.63) is 0 Å². The highest BCUT2D eigenvalue weighted by Crippen LogP contribution is 1.85. The van der Waals surface area contributed by atoms with Crippen molar-refractivity contribution in [2.24, 2.45) is 0 Å². The van der Waals surface area contributed by atoms with Gasteiger partial charge in [-0.05, 0) is 6.92 Å². The number of hydrogen-bond donors (Lipinski definition) is 2. The summed E-state index contributed by atoms with van der Waals surface area (Å²) in [5, 5.41) is 5.20. The summed E-state index contributed by atoms with van der Waals surface area (Å²) in [6.45, 7) is 3.03. The molecule has 1 rings (SSSR count). The van der Waals surface area contributed by atoms with Gasteiger partial charge in [0.1, 0.15) is 0 Å². The first-order valence-corrected chi connectivity index (χ1v) is 2.50. The number of nitrogens with zero attached hydrogens (tertiary/aromatic N) is 1. The SMILES string of the molecule is CC1NCN(C)N1. The number of hydrogen-bond acceptors (Lipinski definition) is 3. The largest absolute Gasteiger partial charge is 0.287 e. The molecule has 0 bridgehead atoms. The Morgan fingerprint density at radius 2 is 2.43 bits per heavy atom. The van der Waals surface area contributed by atoms with Gasteiger partial charge < -0.3 is 0 Å². The third kappa shape index (κ3) is 1.12. The van der Waals surface area contributed by atoms with Gasteiger partial charge in [0.15, 0.2) is 0 Å². The van der Waals surface area contributed by atoms with E-state index in [0.29, 0.717) is 6.17 Å². The monoisotopic (exact) mass is 101 g/mol. The fourth-order valence-electron chi connectivity index (χ4n) is 0.696. The van der Waals surface area contributed by atoms with Crippen molar-refractivity contribution in [3.63, 3.8) is 0 Å². The third-order valence-electron chi connectivity index (χ3n) is 1.05. The van der Waals surface area contributed by atoms with Gasteiger partial charge in [-0.3, -0.25) is 5.32 Å². The zero-order valence-corrected chi connectivity index (χ0v) is 4.73. The molecule has 1 aliphatic rings. The van der Waals surface area contributed by atoms with Crippen LogP contribution in [0.1, 0.15) is 6.92 Å². The van der Waals surface area contributed by atoms with Crippen LogP contribution in [0.3, 0.4) is 0 Å².